The lowest BCUT2D eigenvalue weighted by molar-refractivity contribution is 1.67. The van der Waals surface area contributed by atoms with Crippen LogP contribution in [0.4, 0.5) is 0 Å². The third-order valence-electron chi connectivity index (χ3n) is 3.62. The Morgan fingerprint density at radius 3 is 1.00 bits per heavy atom. The summed E-state index contributed by atoms with van der Waals surface area (Å²) in [5, 5.41) is 7.88. The van der Waals surface area contributed by atoms with Crippen molar-refractivity contribution in [2.45, 2.75) is 0 Å². The lowest BCUT2D eigenvalue weighted by Crippen LogP contribution is -1.90. The van der Waals surface area contributed by atoms with Gasteiger partial charge in [0.05, 0.1) is 15.1 Å². The van der Waals surface area contributed by atoms with Gasteiger partial charge in [-0.3, -0.25) is 0 Å². The van der Waals surface area contributed by atoms with Crippen molar-refractivity contribution >= 4 is 68.8 Å². The van der Waals surface area contributed by atoms with Crippen molar-refractivity contribution in [3.8, 4) is 31.3 Å². The average molecular weight is 428 g/mol. The molecule has 0 N–H and O–H groups in total. The van der Waals surface area contributed by atoms with Gasteiger partial charge < -0.3 is 0 Å². The molecule has 0 nitrogen and oxygen atoms in total. The van der Waals surface area contributed by atoms with Gasteiger partial charge in [-0.1, -0.05) is 53.0 Å². The Balaban J connectivity index is 2.12. The van der Waals surface area contributed by atoms with E-state index in [9.17, 15) is 0 Å². The Morgan fingerprint density at radius 2 is 0.792 bits per heavy atom. The van der Waals surface area contributed by atoms with E-state index in [0.717, 1.165) is 31.3 Å². The predicted molar refractivity (Wildman–Crippen MR) is 111 cm³/mol. The molecule has 0 atom stereocenters. The van der Waals surface area contributed by atoms with Crippen LogP contribution in [0.15, 0.2) is 52.5 Å². The van der Waals surface area contributed by atoms with Crippen LogP contribution in [-0.2, 0) is 0 Å². The van der Waals surface area contributed by atoms with Crippen molar-refractivity contribution in [1.29, 1.82) is 0 Å². The van der Waals surface area contributed by atoms with E-state index in [0.29, 0.717) is 15.1 Å². The maximum atomic E-state index is 6.78. The SMILES string of the molecule is Clc1c(-c2cccs2)c(Cl)c(-c2cccs2)c(Cl)c1-c1cccs1. The topological polar surface area (TPSA) is 0 Å². The van der Waals surface area contributed by atoms with Gasteiger partial charge in [0, 0.05) is 31.3 Å². The van der Waals surface area contributed by atoms with Gasteiger partial charge >= 0.3 is 0 Å². The molecule has 0 aliphatic heterocycles. The number of thiophene rings is 3. The molecule has 0 fully saturated rings. The highest BCUT2D eigenvalue weighted by Crippen LogP contribution is 2.53. The van der Waals surface area contributed by atoms with E-state index in [2.05, 4.69) is 0 Å². The Bertz CT molecular complexity index is 819. The summed E-state index contributed by atoms with van der Waals surface area (Å²) in [6.07, 6.45) is 0. The molecule has 4 rings (SSSR count). The number of benzene rings is 1. The van der Waals surface area contributed by atoms with Crippen LogP contribution in [0.5, 0.6) is 0 Å². The zero-order valence-corrected chi connectivity index (χ0v) is 16.8. The summed E-state index contributed by atoms with van der Waals surface area (Å²) in [7, 11) is 0. The van der Waals surface area contributed by atoms with Gasteiger partial charge in [-0.15, -0.1) is 34.0 Å². The van der Waals surface area contributed by atoms with E-state index >= 15 is 0 Å². The standard InChI is InChI=1S/C18H9Cl3S3/c19-16-13(10-4-1-7-22-10)17(20)15(12-6-3-9-24-12)18(21)14(16)11-5-2-8-23-11/h1-9H. The molecule has 120 valence electrons. The molecule has 4 aromatic rings. The number of hydrogen-bond acceptors (Lipinski definition) is 3. The fourth-order valence-electron chi connectivity index (χ4n) is 2.58. The Hall–Kier alpha value is -0.810. The van der Waals surface area contributed by atoms with E-state index in [1.807, 2.05) is 52.5 Å². The molecule has 3 heterocycles. The van der Waals surface area contributed by atoms with Crippen LogP contribution in [-0.4, -0.2) is 0 Å². The Morgan fingerprint density at radius 1 is 0.500 bits per heavy atom. The first kappa shape index (κ1) is 16.6. The third-order valence-corrected chi connectivity index (χ3v) is 7.42. The molecule has 0 aliphatic carbocycles. The quantitative estimate of drug-likeness (QED) is 0.306. The molecule has 0 spiro atoms. The molecule has 0 aliphatic rings. The van der Waals surface area contributed by atoms with Crippen molar-refractivity contribution < 1.29 is 0 Å². The van der Waals surface area contributed by atoms with Crippen LogP contribution in [0.25, 0.3) is 31.3 Å². The summed E-state index contributed by atoms with van der Waals surface area (Å²) in [6.45, 7) is 0. The fraction of sp³-hybridized carbons (Fsp3) is 0. The predicted octanol–water partition coefficient (Wildman–Crippen LogP) is 8.83. The maximum absolute atomic E-state index is 6.78. The van der Waals surface area contributed by atoms with Gasteiger partial charge in [0.1, 0.15) is 0 Å². The first-order valence-electron chi connectivity index (χ1n) is 7.00. The molecule has 1 aromatic carbocycles. The smallest absolute Gasteiger partial charge is 0.0609 e. The molecule has 24 heavy (non-hydrogen) atoms. The van der Waals surface area contributed by atoms with E-state index in [1.54, 1.807) is 34.0 Å². The molecule has 0 amide bonds. The minimum atomic E-state index is 0.607. The molecular weight excluding hydrogens is 419 g/mol. The van der Waals surface area contributed by atoms with Crippen molar-refractivity contribution in [3.63, 3.8) is 0 Å². The zero-order chi connectivity index (χ0) is 16.7. The minimum Gasteiger partial charge on any atom is -0.144 e. The summed E-state index contributed by atoms with van der Waals surface area (Å²) < 4.78 is 0. The number of rotatable bonds is 3. The zero-order valence-electron chi connectivity index (χ0n) is 12.1. The third kappa shape index (κ3) is 2.74. The summed E-state index contributed by atoms with van der Waals surface area (Å²) in [5.74, 6) is 0. The van der Waals surface area contributed by atoms with Crippen LogP contribution < -0.4 is 0 Å². The first-order valence-corrected chi connectivity index (χ1v) is 10.8. The summed E-state index contributed by atoms with van der Waals surface area (Å²) in [5.41, 5.74) is 2.55. The molecule has 0 unspecified atom stereocenters. The van der Waals surface area contributed by atoms with E-state index in [1.165, 1.54) is 0 Å². The molecule has 0 saturated carbocycles. The van der Waals surface area contributed by atoms with E-state index in [4.69, 9.17) is 34.8 Å². The molecule has 0 radical (unpaired) electrons. The van der Waals surface area contributed by atoms with Crippen molar-refractivity contribution in [2.75, 3.05) is 0 Å². The lowest BCUT2D eigenvalue weighted by atomic mass is 10.0. The van der Waals surface area contributed by atoms with Crippen molar-refractivity contribution in [2.24, 2.45) is 0 Å². The second-order valence-corrected chi connectivity index (χ2v) is 8.98. The minimum absolute atomic E-state index is 0.607. The Labute approximate surface area is 166 Å². The van der Waals surface area contributed by atoms with Crippen LogP contribution in [0, 0.1) is 0 Å². The van der Waals surface area contributed by atoms with Crippen LogP contribution >= 0.6 is 68.8 Å². The normalized spacial score (nSPS) is 11.1. The summed E-state index contributed by atoms with van der Waals surface area (Å²) >= 11 is 25.2. The molecule has 3 aromatic heterocycles. The van der Waals surface area contributed by atoms with Crippen molar-refractivity contribution in [3.05, 3.63) is 67.6 Å². The van der Waals surface area contributed by atoms with Gasteiger partial charge in [0.2, 0.25) is 0 Å². The highest BCUT2D eigenvalue weighted by Gasteiger charge is 2.25. The van der Waals surface area contributed by atoms with Gasteiger partial charge in [0.25, 0.3) is 0 Å². The average Bonchev–Trinajstić information content (AvgIpc) is 3.31. The fourth-order valence-corrected chi connectivity index (χ4v) is 6.58. The molecule has 0 saturated heterocycles. The van der Waals surface area contributed by atoms with Crippen molar-refractivity contribution in [1.82, 2.24) is 0 Å². The van der Waals surface area contributed by atoms with Crippen LogP contribution in [0.2, 0.25) is 15.1 Å². The van der Waals surface area contributed by atoms with Crippen LogP contribution in [0.3, 0.4) is 0 Å². The first-order chi connectivity index (χ1) is 11.7. The summed E-state index contributed by atoms with van der Waals surface area (Å²) in [4.78, 5) is 3.12. The molecule has 0 bridgehead atoms. The lowest BCUT2D eigenvalue weighted by Gasteiger charge is -2.17. The largest absolute Gasteiger partial charge is 0.144 e. The monoisotopic (exact) mass is 426 g/mol. The highest BCUT2D eigenvalue weighted by atomic mass is 35.5. The second-order valence-electron chi connectivity index (χ2n) is 5.00. The number of hydrogen-bond donors (Lipinski definition) is 0. The van der Waals surface area contributed by atoms with E-state index < -0.39 is 0 Å². The van der Waals surface area contributed by atoms with Gasteiger partial charge in [0.15, 0.2) is 0 Å². The number of halogens is 3. The molecular formula is C18H9Cl3S3. The Kier molecular flexibility index (Phi) is 4.74. The van der Waals surface area contributed by atoms with E-state index in [-0.39, 0.29) is 0 Å². The summed E-state index contributed by atoms with van der Waals surface area (Å²) in [6, 6.07) is 12.1. The highest BCUT2D eigenvalue weighted by molar-refractivity contribution is 7.15. The van der Waals surface area contributed by atoms with Crippen LogP contribution in [0.1, 0.15) is 0 Å². The van der Waals surface area contributed by atoms with Gasteiger partial charge in [-0.25, -0.2) is 0 Å². The second kappa shape index (κ2) is 6.83. The van der Waals surface area contributed by atoms with Gasteiger partial charge in [-0.2, -0.15) is 0 Å². The molecule has 6 heteroatoms. The maximum Gasteiger partial charge on any atom is 0.0609 e. The van der Waals surface area contributed by atoms with Gasteiger partial charge in [-0.05, 0) is 34.3 Å².